The second-order valence-corrected chi connectivity index (χ2v) is 5.18. The Morgan fingerprint density at radius 1 is 1.25 bits per heavy atom. The van der Waals surface area contributed by atoms with Gasteiger partial charge in [-0.3, -0.25) is 11.3 Å². The van der Waals surface area contributed by atoms with Crippen LogP contribution in [0.25, 0.3) is 0 Å². The van der Waals surface area contributed by atoms with Crippen LogP contribution in [0.1, 0.15) is 21.5 Å². The Labute approximate surface area is 116 Å². The number of aromatic nitrogens is 1. The monoisotopic (exact) mass is 305 g/mol. The van der Waals surface area contributed by atoms with E-state index in [1.165, 1.54) is 12.1 Å². The van der Waals surface area contributed by atoms with Crippen LogP contribution < -0.4 is 11.3 Å². The topological polar surface area (TPSA) is 50.9 Å². The summed E-state index contributed by atoms with van der Waals surface area (Å²) in [5.74, 6) is 5.00. The highest BCUT2D eigenvalue weighted by molar-refractivity contribution is 7.11. The fourth-order valence-corrected chi connectivity index (χ4v) is 2.52. The molecule has 2 aromatic rings. The molecule has 20 heavy (non-hydrogen) atoms. The van der Waals surface area contributed by atoms with Crippen molar-refractivity contribution in [3.63, 3.8) is 0 Å². The molecule has 1 aromatic carbocycles. The molecule has 3 nitrogen and oxygen atoms in total. The first kappa shape index (κ1) is 14.9. The van der Waals surface area contributed by atoms with Gasteiger partial charge in [0.2, 0.25) is 0 Å². The minimum absolute atomic E-state index is 0.344. The lowest BCUT2D eigenvalue weighted by atomic mass is 10.1. The van der Waals surface area contributed by atoms with Gasteiger partial charge in [0.1, 0.15) is 5.82 Å². The van der Waals surface area contributed by atoms with Gasteiger partial charge < -0.3 is 0 Å². The molecular formula is C12H11F4N3S. The molecule has 1 aromatic heterocycles. The molecule has 3 N–H and O–H groups in total. The highest BCUT2D eigenvalue weighted by Gasteiger charge is 2.35. The van der Waals surface area contributed by atoms with Gasteiger partial charge in [-0.05, 0) is 24.1 Å². The first-order valence-electron chi connectivity index (χ1n) is 5.63. The van der Waals surface area contributed by atoms with Gasteiger partial charge >= 0.3 is 6.18 Å². The zero-order valence-electron chi connectivity index (χ0n) is 10.1. The largest absolute Gasteiger partial charge is 0.443 e. The van der Waals surface area contributed by atoms with Crippen LogP contribution in [-0.2, 0) is 12.6 Å². The molecule has 8 heteroatoms. The van der Waals surface area contributed by atoms with Crippen molar-refractivity contribution in [1.29, 1.82) is 0 Å². The zero-order chi connectivity index (χ0) is 14.8. The summed E-state index contributed by atoms with van der Waals surface area (Å²) < 4.78 is 50.3. The molecule has 0 aliphatic carbocycles. The Balaban J connectivity index is 2.16. The summed E-state index contributed by atoms with van der Waals surface area (Å²) >= 11 is 0.542. The molecule has 1 unspecified atom stereocenters. The van der Waals surface area contributed by atoms with Crippen LogP contribution in [0.3, 0.4) is 0 Å². The average molecular weight is 305 g/mol. The molecule has 1 heterocycles. The number of hydrogen-bond donors (Lipinski definition) is 2. The van der Waals surface area contributed by atoms with Gasteiger partial charge in [-0.15, -0.1) is 11.3 Å². The third-order valence-corrected chi connectivity index (χ3v) is 3.82. The minimum Gasteiger partial charge on any atom is -0.271 e. The number of halogens is 4. The van der Waals surface area contributed by atoms with Gasteiger partial charge in [0.15, 0.2) is 5.01 Å². The van der Waals surface area contributed by atoms with E-state index in [4.69, 9.17) is 5.84 Å². The van der Waals surface area contributed by atoms with E-state index in [-0.39, 0.29) is 5.82 Å². The maximum absolute atomic E-state index is 12.8. The van der Waals surface area contributed by atoms with Gasteiger partial charge in [-0.2, -0.15) is 13.2 Å². The average Bonchev–Trinajstić information content (AvgIpc) is 2.87. The zero-order valence-corrected chi connectivity index (χ0v) is 10.9. The summed E-state index contributed by atoms with van der Waals surface area (Å²) in [5, 5.41) is -0.910. The number of thiazole rings is 1. The molecule has 0 spiro atoms. The molecule has 0 fully saturated rings. The summed E-state index contributed by atoms with van der Waals surface area (Å²) in [7, 11) is 0. The third kappa shape index (κ3) is 3.53. The minimum atomic E-state index is -4.46. The summed E-state index contributed by atoms with van der Waals surface area (Å²) in [6, 6.07) is 5.19. The first-order valence-corrected chi connectivity index (χ1v) is 6.45. The smallest absolute Gasteiger partial charge is 0.271 e. The second-order valence-electron chi connectivity index (χ2n) is 4.12. The van der Waals surface area contributed by atoms with E-state index in [1.807, 2.05) is 0 Å². The third-order valence-electron chi connectivity index (χ3n) is 2.66. The molecule has 0 saturated carbocycles. The van der Waals surface area contributed by atoms with Gasteiger partial charge in [0.05, 0.1) is 6.04 Å². The lowest BCUT2D eigenvalue weighted by Crippen LogP contribution is -2.29. The molecule has 0 bridgehead atoms. The predicted molar refractivity (Wildman–Crippen MR) is 67.3 cm³/mol. The molecule has 0 saturated heterocycles. The Kier molecular flexibility index (Phi) is 4.36. The molecule has 0 radical (unpaired) electrons. The summed E-state index contributed by atoms with van der Waals surface area (Å²) in [6.07, 6.45) is -2.96. The highest BCUT2D eigenvalue weighted by atomic mass is 32.1. The van der Waals surface area contributed by atoms with Crippen molar-refractivity contribution in [2.45, 2.75) is 18.6 Å². The fourth-order valence-electron chi connectivity index (χ4n) is 1.68. The van der Waals surface area contributed by atoms with Crippen molar-refractivity contribution >= 4 is 11.3 Å². The maximum atomic E-state index is 12.8. The van der Waals surface area contributed by atoms with E-state index in [9.17, 15) is 17.6 Å². The summed E-state index contributed by atoms with van der Waals surface area (Å²) in [5.41, 5.74) is 3.22. The van der Waals surface area contributed by atoms with E-state index in [1.54, 1.807) is 12.1 Å². The number of rotatable bonds is 4. The van der Waals surface area contributed by atoms with Crippen molar-refractivity contribution in [3.05, 3.63) is 51.7 Å². The van der Waals surface area contributed by atoms with Crippen LogP contribution in [0.15, 0.2) is 30.5 Å². The van der Waals surface area contributed by atoms with E-state index < -0.39 is 17.2 Å². The molecule has 1 atom stereocenters. The van der Waals surface area contributed by atoms with Crippen LogP contribution >= 0.6 is 11.3 Å². The SMILES string of the molecule is NNC(Cc1ccc(F)cc1)c1cnc(C(F)(F)F)s1. The quantitative estimate of drug-likeness (QED) is 0.518. The Morgan fingerprint density at radius 3 is 2.40 bits per heavy atom. The Bertz CT molecular complexity index is 565. The highest BCUT2D eigenvalue weighted by Crippen LogP contribution is 2.34. The lowest BCUT2D eigenvalue weighted by Gasteiger charge is -2.13. The molecule has 2 rings (SSSR count). The normalized spacial score (nSPS) is 13.4. The van der Waals surface area contributed by atoms with Crippen molar-refractivity contribution < 1.29 is 17.6 Å². The van der Waals surface area contributed by atoms with Crippen molar-refractivity contribution in [3.8, 4) is 0 Å². The van der Waals surface area contributed by atoms with Crippen molar-refractivity contribution in [2.24, 2.45) is 5.84 Å². The number of nitrogens with one attached hydrogen (secondary N) is 1. The second kappa shape index (κ2) is 5.86. The number of nitrogens with two attached hydrogens (primary N) is 1. The van der Waals surface area contributed by atoms with E-state index >= 15 is 0 Å². The van der Waals surface area contributed by atoms with Crippen molar-refractivity contribution in [2.75, 3.05) is 0 Å². The van der Waals surface area contributed by atoms with Crippen LogP contribution in [0.4, 0.5) is 17.6 Å². The number of nitrogens with zero attached hydrogens (tertiary/aromatic N) is 1. The van der Waals surface area contributed by atoms with Crippen LogP contribution in [0.2, 0.25) is 0 Å². The standard InChI is InChI=1S/C12H11F4N3S/c13-8-3-1-7(2-4-8)5-9(19-17)10-6-18-11(20-10)12(14,15)16/h1-4,6,9,19H,5,17H2. The van der Waals surface area contributed by atoms with Gasteiger partial charge in [-0.1, -0.05) is 12.1 Å². The summed E-state index contributed by atoms with van der Waals surface area (Å²) in [6.45, 7) is 0. The number of alkyl halides is 3. The predicted octanol–water partition coefficient (Wildman–Crippen LogP) is 3.05. The molecule has 0 amide bonds. The van der Waals surface area contributed by atoms with Crippen LogP contribution in [0, 0.1) is 5.82 Å². The number of hydrogen-bond acceptors (Lipinski definition) is 4. The van der Waals surface area contributed by atoms with Gasteiger partial charge in [0, 0.05) is 11.1 Å². The Morgan fingerprint density at radius 2 is 1.90 bits per heavy atom. The maximum Gasteiger partial charge on any atom is 0.443 e. The fraction of sp³-hybridized carbons (Fsp3) is 0.250. The molecule has 0 aliphatic heterocycles. The van der Waals surface area contributed by atoms with E-state index in [2.05, 4.69) is 10.4 Å². The Hall–Kier alpha value is -1.51. The van der Waals surface area contributed by atoms with Crippen molar-refractivity contribution in [1.82, 2.24) is 10.4 Å². The molecule has 0 aliphatic rings. The van der Waals surface area contributed by atoms with Gasteiger partial charge in [-0.25, -0.2) is 9.37 Å². The first-order chi connectivity index (χ1) is 9.40. The van der Waals surface area contributed by atoms with E-state index in [0.29, 0.717) is 22.6 Å². The lowest BCUT2D eigenvalue weighted by molar-refractivity contribution is -0.137. The summed E-state index contributed by atoms with van der Waals surface area (Å²) in [4.78, 5) is 3.73. The number of hydrazine groups is 1. The molecular weight excluding hydrogens is 294 g/mol. The molecule has 108 valence electrons. The van der Waals surface area contributed by atoms with E-state index in [0.717, 1.165) is 11.8 Å². The van der Waals surface area contributed by atoms with Gasteiger partial charge in [0.25, 0.3) is 0 Å². The number of benzene rings is 1. The van der Waals surface area contributed by atoms with Crippen LogP contribution in [-0.4, -0.2) is 4.98 Å². The van der Waals surface area contributed by atoms with Crippen LogP contribution in [0.5, 0.6) is 0 Å².